The van der Waals surface area contributed by atoms with Gasteiger partial charge in [0, 0.05) is 0 Å². The zero-order valence-electron chi connectivity index (χ0n) is 19.8. The Morgan fingerprint density at radius 2 is 1.40 bits per heavy atom. The van der Waals surface area contributed by atoms with Crippen molar-refractivity contribution in [1.82, 2.24) is 0 Å². The van der Waals surface area contributed by atoms with Gasteiger partial charge in [-0.2, -0.15) is 0 Å². The Hall–Kier alpha value is -1.24. The molecule has 0 saturated heterocycles. The quantitative estimate of drug-likeness (QED) is 0.382. The second-order valence-corrected chi connectivity index (χ2v) is 27.4. The number of hydrogen-bond acceptors (Lipinski definition) is 0. The number of rotatable bonds is 3. The zero-order chi connectivity index (χ0) is 21.7. The molecular formula is C28H34SiZr. The molecule has 1 unspecified atom stereocenters. The van der Waals surface area contributed by atoms with Crippen LogP contribution in [0.25, 0.3) is 5.57 Å². The van der Waals surface area contributed by atoms with Gasteiger partial charge < -0.3 is 0 Å². The van der Waals surface area contributed by atoms with Gasteiger partial charge in [0.1, 0.15) is 0 Å². The van der Waals surface area contributed by atoms with Gasteiger partial charge in [-0.15, -0.1) is 0 Å². The molecule has 1 atom stereocenters. The standard InChI is InChI=1S/C17H15.C9H13.C2H6Si.Zr/c1-12-7-8-13(2)17(11-12)16-10-9-14-5-3-4-6-15(14)16;1-6-5-7(2)9(4)8(6)3;1-3-2;/h3-11H,1-2H3;5H,1-4H3;1-2H3;. The third-order valence-electron chi connectivity index (χ3n) is 7.44. The van der Waals surface area contributed by atoms with Crippen LogP contribution in [0.15, 0.2) is 70.8 Å². The summed E-state index contributed by atoms with van der Waals surface area (Å²) in [7, 11) is 0. The molecule has 0 spiro atoms. The van der Waals surface area contributed by atoms with Gasteiger partial charge in [0.15, 0.2) is 0 Å². The minimum absolute atomic E-state index is 0.331. The van der Waals surface area contributed by atoms with Crippen molar-refractivity contribution in [2.45, 2.75) is 61.9 Å². The van der Waals surface area contributed by atoms with Crippen LogP contribution < -0.4 is 0 Å². The molecule has 0 amide bonds. The minimum atomic E-state index is -1.87. The Labute approximate surface area is 191 Å². The number of hydrogen-bond donors (Lipinski definition) is 0. The van der Waals surface area contributed by atoms with Crippen molar-refractivity contribution in [1.29, 1.82) is 0 Å². The summed E-state index contributed by atoms with van der Waals surface area (Å²) < 4.78 is 1.47. The summed E-state index contributed by atoms with van der Waals surface area (Å²) >= 11 is -1.87. The third kappa shape index (κ3) is 3.55. The van der Waals surface area contributed by atoms with Crippen LogP contribution in [0.4, 0.5) is 0 Å². The summed E-state index contributed by atoms with van der Waals surface area (Å²) in [5.74, 6) is 0. The predicted octanol–water partition coefficient (Wildman–Crippen LogP) is 8.13. The zero-order valence-corrected chi connectivity index (χ0v) is 23.2. The van der Waals surface area contributed by atoms with E-state index in [0.29, 0.717) is 3.63 Å². The average Bonchev–Trinajstić information content (AvgIpc) is 3.17. The van der Waals surface area contributed by atoms with Crippen LogP contribution in [-0.4, -0.2) is 5.43 Å². The Balaban J connectivity index is 1.93. The number of benzene rings is 2. The Morgan fingerprint density at radius 1 is 0.767 bits per heavy atom. The van der Waals surface area contributed by atoms with Crippen LogP contribution in [0.5, 0.6) is 0 Å². The van der Waals surface area contributed by atoms with Crippen LogP contribution in [-0.2, 0) is 20.4 Å². The molecule has 0 fully saturated rings. The van der Waals surface area contributed by atoms with Crippen molar-refractivity contribution in [3.8, 4) is 0 Å². The number of allylic oxidation sites excluding steroid dienone is 5. The molecule has 0 radical (unpaired) electrons. The van der Waals surface area contributed by atoms with Gasteiger partial charge in [0.2, 0.25) is 0 Å². The molecule has 0 aromatic heterocycles. The topological polar surface area (TPSA) is 0 Å². The third-order valence-corrected chi connectivity index (χ3v) is 27.1. The summed E-state index contributed by atoms with van der Waals surface area (Å²) in [5, 5.41) is 0. The van der Waals surface area contributed by atoms with E-state index < -0.39 is 20.4 Å². The van der Waals surface area contributed by atoms with E-state index in [2.05, 4.69) is 103 Å². The monoisotopic (exact) mass is 488 g/mol. The molecule has 0 nitrogen and oxygen atoms in total. The second kappa shape index (κ2) is 8.36. The van der Waals surface area contributed by atoms with E-state index >= 15 is 0 Å². The van der Waals surface area contributed by atoms with Crippen molar-refractivity contribution in [3.05, 3.63) is 98.7 Å². The van der Waals surface area contributed by atoms with E-state index in [-0.39, 0.29) is 5.43 Å². The van der Waals surface area contributed by atoms with Crippen molar-refractivity contribution in [2.24, 2.45) is 0 Å². The average molecular weight is 490 g/mol. The van der Waals surface area contributed by atoms with Crippen LogP contribution in [0.3, 0.4) is 0 Å². The van der Waals surface area contributed by atoms with Crippen LogP contribution in [0.2, 0.25) is 16.7 Å². The molecule has 2 aliphatic rings. The Kier molecular flexibility index (Phi) is 6.12. The van der Waals surface area contributed by atoms with E-state index in [9.17, 15) is 0 Å². The van der Waals surface area contributed by atoms with Gasteiger partial charge in [-0.1, -0.05) is 0 Å². The number of aryl methyl sites for hydroxylation is 2. The maximum atomic E-state index is 2.71. The van der Waals surface area contributed by atoms with Gasteiger partial charge in [0.25, 0.3) is 0 Å². The van der Waals surface area contributed by atoms with Gasteiger partial charge in [-0.25, -0.2) is 0 Å². The first kappa shape index (κ1) is 22.0. The second-order valence-electron chi connectivity index (χ2n) is 9.47. The van der Waals surface area contributed by atoms with Crippen molar-refractivity contribution < 1.29 is 20.4 Å². The van der Waals surface area contributed by atoms with Gasteiger partial charge >= 0.3 is 192 Å². The van der Waals surface area contributed by atoms with E-state index in [4.69, 9.17) is 0 Å². The first-order valence-electron chi connectivity index (χ1n) is 11.1. The molecule has 2 aliphatic carbocycles. The summed E-state index contributed by atoms with van der Waals surface area (Å²) in [6, 6.07) is 16.2. The molecule has 0 aliphatic heterocycles. The molecule has 154 valence electrons. The van der Waals surface area contributed by atoms with Gasteiger partial charge in [0.05, 0.1) is 0 Å². The predicted molar refractivity (Wildman–Crippen MR) is 130 cm³/mol. The summed E-state index contributed by atoms with van der Waals surface area (Å²) in [5.41, 5.74) is 15.0. The fourth-order valence-electron chi connectivity index (χ4n) is 5.47. The maximum absolute atomic E-state index is 2.71. The van der Waals surface area contributed by atoms with Gasteiger partial charge in [-0.3, -0.25) is 0 Å². The van der Waals surface area contributed by atoms with E-state index in [1.54, 1.807) is 27.9 Å². The van der Waals surface area contributed by atoms with Gasteiger partial charge in [-0.05, 0) is 0 Å². The van der Waals surface area contributed by atoms with Crippen molar-refractivity contribution in [3.63, 3.8) is 0 Å². The SMILES string of the molecule is CC1=C(C)[CH]([Zr]([CH]2C=C(c3cc(C)ccc3C)c3ccccc32)=[Si](C)C)C(C)=C1C. The van der Waals surface area contributed by atoms with Crippen molar-refractivity contribution >= 4 is 11.0 Å². The summed E-state index contributed by atoms with van der Waals surface area (Å²) in [4.78, 5) is 0. The van der Waals surface area contributed by atoms with E-state index in [0.717, 1.165) is 3.63 Å². The molecule has 2 aromatic rings. The normalized spacial score (nSPS) is 18.8. The first-order chi connectivity index (χ1) is 14.2. The number of fused-ring (bicyclic) bond motifs is 1. The van der Waals surface area contributed by atoms with Crippen molar-refractivity contribution in [2.75, 3.05) is 0 Å². The van der Waals surface area contributed by atoms with E-state index in [1.165, 1.54) is 27.8 Å². The molecule has 2 heteroatoms. The molecule has 30 heavy (non-hydrogen) atoms. The molecular weight excluding hydrogens is 456 g/mol. The fourth-order valence-corrected chi connectivity index (χ4v) is 26.0. The van der Waals surface area contributed by atoms with Crippen LogP contribution >= 0.6 is 0 Å². The molecule has 0 saturated carbocycles. The molecule has 0 bridgehead atoms. The summed E-state index contributed by atoms with van der Waals surface area (Å²) in [6.07, 6.45) is 2.71. The fraction of sp³-hybridized carbons (Fsp3) is 0.357. The van der Waals surface area contributed by atoms with E-state index in [1.807, 2.05) is 0 Å². The Bertz CT molecular complexity index is 1140. The van der Waals surface area contributed by atoms with Crippen LogP contribution in [0.1, 0.15) is 59.1 Å². The Morgan fingerprint density at radius 3 is 2.03 bits per heavy atom. The molecule has 2 aromatic carbocycles. The first-order valence-corrected chi connectivity index (χ1v) is 20.2. The summed E-state index contributed by atoms with van der Waals surface area (Å²) in [6.45, 7) is 19.3. The molecule has 4 rings (SSSR count). The molecule has 0 N–H and O–H groups in total. The van der Waals surface area contributed by atoms with Crippen LogP contribution in [0, 0.1) is 13.8 Å². The molecule has 0 heterocycles.